The van der Waals surface area contributed by atoms with E-state index in [9.17, 15) is 9.59 Å². The highest BCUT2D eigenvalue weighted by molar-refractivity contribution is 6.39. The molecule has 0 aromatic heterocycles. The van der Waals surface area contributed by atoms with Crippen LogP contribution in [0.2, 0.25) is 5.02 Å². The quantitative estimate of drug-likeness (QED) is 0.387. The van der Waals surface area contributed by atoms with E-state index in [4.69, 9.17) is 16.3 Å². The minimum atomic E-state index is -0.880. The van der Waals surface area contributed by atoms with Crippen molar-refractivity contribution in [3.8, 4) is 11.5 Å². The summed E-state index contributed by atoms with van der Waals surface area (Å²) < 4.78 is 5.67. The van der Waals surface area contributed by atoms with Gasteiger partial charge >= 0.3 is 11.8 Å². The Morgan fingerprint density at radius 2 is 1.46 bits per heavy atom. The Morgan fingerprint density at radius 3 is 2.14 bits per heavy atom. The van der Waals surface area contributed by atoms with Crippen LogP contribution in [0.15, 0.2) is 84.0 Å². The molecule has 2 amide bonds. The summed E-state index contributed by atoms with van der Waals surface area (Å²) in [7, 11) is 0. The van der Waals surface area contributed by atoms with Gasteiger partial charge in [-0.2, -0.15) is 5.10 Å². The third-order valence-electron chi connectivity index (χ3n) is 3.55. The summed E-state index contributed by atoms with van der Waals surface area (Å²) in [5.74, 6) is -0.391. The number of nitrogens with one attached hydrogen (secondary N) is 2. The molecule has 0 atom stereocenters. The maximum absolute atomic E-state index is 11.9. The summed E-state index contributed by atoms with van der Waals surface area (Å²) >= 11 is 5.79. The van der Waals surface area contributed by atoms with Crippen molar-refractivity contribution in [3.63, 3.8) is 0 Å². The van der Waals surface area contributed by atoms with Gasteiger partial charge in [0.1, 0.15) is 11.5 Å². The van der Waals surface area contributed by atoms with Crippen LogP contribution < -0.4 is 15.5 Å². The van der Waals surface area contributed by atoms with Crippen LogP contribution in [-0.2, 0) is 9.59 Å². The largest absolute Gasteiger partial charge is 0.457 e. The van der Waals surface area contributed by atoms with Gasteiger partial charge in [0.2, 0.25) is 0 Å². The Balaban J connectivity index is 1.50. The maximum Gasteiger partial charge on any atom is 0.329 e. The zero-order valence-corrected chi connectivity index (χ0v) is 15.4. The zero-order valence-electron chi connectivity index (χ0n) is 14.6. The number of carbonyl (C=O) groups is 2. The van der Waals surface area contributed by atoms with E-state index in [0.29, 0.717) is 22.2 Å². The first kappa shape index (κ1) is 19.1. The summed E-state index contributed by atoms with van der Waals surface area (Å²) in [6.45, 7) is 0. The van der Waals surface area contributed by atoms with Gasteiger partial charge in [-0.3, -0.25) is 9.59 Å². The second-order valence-corrected chi connectivity index (χ2v) is 6.08. The molecule has 0 bridgehead atoms. The van der Waals surface area contributed by atoms with Crippen LogP contribution in [0.1, 0.15) is 5.56 Å². The molecule has 0 aliphatic rings. The molecule has 0 saturated carbocycles. The fraction of sp³-hybridized carbons (Fsp3) is 0. The molecule has 2 N–H and O–H groups in total. The summed E-state index contributed by atoms with van der Waals surface area (Å²) in [4.78, 5) is 23.7. The number of ether oxygens (including phenoxy) is 1. The average molecular weight is 394 g/mol. The number of amides is 2. The lowest BCUT2D eigenvalue weighted by Crippen LogP contribution is -2.32. The third-order valence-corrected chi connectivity index (χ3v) is 3.80. The molecule has 6 nitrogen and oxygen atoms in total. The Bertz CT molecular complexity index is 972. The van der Waals surface area contributed by atoms with Gasteiger partial charge in [0.05, 0.1) is 6.21 Å². The second kappa shape index (κ2) is 9.34. The van der Waals surface area contributed by atoms with Crippen LogP contribution in [0.3, 0.4) is 0 Å². The monoisotopic (exact) mass is 393 g/mol. The Morgan fingerprint density at radius 1 is 0.821 bits per heavy atom. The van der Waals surface area contributed by atoms with Crippen LogP contribution >= 0.6 is 11.6 Å². The molecule has 7 heteroatoms. The minimum Gasteiger partial charge on any atom is -0.457 e. The predicted octanol–water partition coefficient (Wildman–Crippen LogP) is 4.22. The van der Waals surface area contributed by atoms with Crippen LogP contribution in [0.25, 0.3) is 0 Å². The van der Waals surface area contributed by atoms with E-state index in [-0.39, 0.29) is 0 Å². The topological polar surface area (TPSA) is 79.8 Å². The van der Waals surface area contributed by atoms with Crippen LogP contribution in [0, 0.1) is 0 Å². The Labute approximate surface area is 166 Å². The van der Waals surface area contributed by atoms with Gasteiger partial charge in [-0.15, -0.1) is 0 Å². The molecule has 0 fully saturated rings. The second-order valence-electron chi connectivity index (χ2n) is 5.64. The smallest absolute Gasteiger partial charge is 0.329 e. The highest BCUT2D eigenvalue weighted by Gasteiger charge is 2.12. The van der Waals surface area contributed by atoms with Gasteiger partial charge in [0.15, 0.2) is 0 Å². The fourth-order valence-electron chi connectivity index (χ4n) is 2.18. The van der Waals surface area contributed by atoms with Gasteiger partial charge in [0.25, 0.3) is 0 Å². The van der Waals surface area contributed by atoms with Crippen molar-refractivity contribution in [1.29, 1.82) is 0 Å². The van der Waals surface area contributed by atoms with E-state index in [1.165, 1.54) is 6.21 Å². The number of anilines is 1. The first-order valence-corrected chi connectivity index (χ1v) is 8.71. The van der Waals surface area contributed by atoms with Crippen molar-refractivity contribution in [1.82, 2.24) is 5.43 Å². The number of hydrogen-bond donors (Lipinski definition) is 2. The molecule has 0 aliphatic heterocycles. The lowest BCUT2D eigenvalue weighted by atomic mass is 10.2. The molecule has 0 saturated heterocycles. The zero-order chi connectivity index (χ0) is 19.8. The van der Waals surface area contributed by atoms with Crippen molar-refractivity contribution in [3.05, 3.63) is 89.4 Å². The molecule has 0 spiro atoms. The van der Waals surface area contributed by atoms with Crippen LogP contribution in [0.4, 0.5) is 5.69 Å². The minimum absolute atomic E-state index is 0.460. The average Bonchev–Trinajstić information content (AvgIpc) is 2.71. The summed E-state index contributed by atoms with van der Waals surface area (Å²) in [5, 5.41) is 6.84. The van der Waals surface area contributed by atoms with Crippen molar-refractivity contribution >= 4 is 35.3 Å². The molecular formula is C21H16ClN3O3. The molecule has 0 heterocycles. The van der Waals surface area contributed by atoms with Gasteiger partial charge in [-0.25, -0.2) is 5.43 Å². The first-order valence-electron chi connectivity index (χ1n) is 8.33. The number of benzene rings is 3. The Kier molecular flexibility index (Phi) is 6.38. The number of hydrogen-bond acceptors (Lipinski definition) is 4. The predicted molar refractivity (Wildman–Crippen MR) is 109 cm³/mol. The lowest BCUT2D eigenvalue weighted by molar-refractivity contribution is -0.136. The third kappa shape index (κ3) is 5.69. The van der Waals surface area contributed by atoms with Gasteiger partial charge in [-0.05, 0) is 54.1 Å². The number of rotatable bonds is 5. The summed E-state index contributed by atoms with van der Waals surface area (Å²) in [6, 6.07) is 22.8. The lowest BCUT2D eigenvalue weighted by Gasteiger charge is -2.07. The molecule has 3 rings (SSSR count). The molecular weight excluding hydrogens is 378 g/mol. The summed E-state index contributed by atoms with van der Waals surface area (Å²) in [5.41, 5.74) is 3.37. The highest BCUT2D eigenvalue weighted by Crippen LogP contribution is 2.22. The molecule has 0 unspecified atom stereocenters. The van der Waals surface area contributed by atoms with Crippen molar-refractivity contribution in [2.75, 3.05) is 5.32 Å². The Hall–Kier alpha value is -3.64. The van der Waals surface area contributed by atoms with Crippen LogP contribution in [-0.4, -0.2) is 18.0 Å². The normalized spacial score (nSPS) is 10.5. The van der Waals surface area contributed by atoms with Crippen molar-refractivity contribution in [2.24, 2.45) is 5.10 Å². The number of halogens is 1. The van der Waals surface area contributed by atoms with Gasteiger partial charge in [0, 0.05) is 10.7 Å². The molecule has 0 aliphatic carbocycles. The van der Waals surface area contributed by atoms with E-state index >= 15 is 0 Å². The molecule has 3 aromatic rings. The first-order chi connectivity index (χ1) is 13.6. The SMILES string of the molecule is O=C(N/N=C/c1ccc(Cl)cc1)C(=O)Nc1ccc(Oc2ccccc2)cc1. The number of carbonyl (C=O) groups excluding carboxylic acids is 2. The summed E-state index contributed by atoms with van der Waals surface area (Å²) in [6.07, 6.45) is 1.41. The number of nitrogens with zero attached hydrogens (tertiary/aromatic N) is 1. The van der Waals surface area contributed by atoms with Gasteiger partial charge in [-0.1, -0.05) is 41.9 Å². The fourth-order valence-corrected chi connectivity index (χ4v) is 2.31. The molecule has 0 radical (unpaired) electrons. The highest BCUT2D eigenvalue weighted by atomic mass is 35.5. The van der Waals surface area contributed by atoms with Crippen LogP contribution in [0.5, 0.6) is 11.5 Å². The van der Waals surface area contributed by atoms with Crippen molar-refractivity contribution in [2.45, 2.75) is 0 Å². The molecule has 140 valence electrons. The van der Waals surface area contributed by atoms with E-state index in [1.807, 2.05) is 30.3 Å². The van der Waals surface area contributed by atoms with E-state index in [0.717, 1.165) is 5.56 Å². The van der Waals surface area contributed by atoms with E-state index in [2.05, 4.69) is 15.8 Å². The van der Waals surface area contributed by atoms with E-state index in [1.54, 1.807) is 48.5 Å². The molecule has 28 heavy (non-hydrogen) atoms. The number of hydrazone groups is 1. The number of para-hydroxylation sites is 1. The maximum atomic E-state index is 11.9. The van der Waals surface area contributed by atoms with E-state index < -0.39 is 11.8 Å². The van der Waals surface area contributed by atoms with Gasteiger partial charge < -0.3 is 10.1 Å². The van der Waals surface area contributed by atoms with Crippen molar-refractivity contribution < 1.29 is 14.3 Å². The molecule has 3 aromatic carbocycles. The standard InChI is InChI=1S/C21H16ClN3O3/c22-16-8-6-15(7-9-16)14-23-25-21(27)20(26)24-17-10-12-19(13-11-17)28-18-4-2-1-3-5-18/h1-14H,(H,24,26)(H,25,27)/b23-14+.